The maximum atomic E-state index is 11.8. The molecule has 1 aliphatic heterocycles. The number of hydrogen-bond acceptors (Lipinski definition) is 6. The van der Waals surface area contributed by atoms with Gasteiger partial charge in [-0.15, -0.1) is 0 Å². The Hall–Kier alpha value is -1.48. The van der Waals surface area contributed by atoms with Crippen molar-refractivity contribution in [3.63, 3.8) is 0 Å². The molecule has 0 aromatic carbocycles. The standard InChI is InChI=1S/C10H14N2O6/c1-4-2-11-10(17)12(8(4)16)9-7(15)6(14)5(3-13)18-9/h2,5-7,9,13-15H,3H2,1H3,(H,11,17)/t5-,6+,7+,9?/m1/s1. The maximum Gasteiger partial charge on any atom is 0.330 e. The summed E-state index contributed by atoms with van der Waals surface area (Å²) in [7, 11) is 0. The minimum absolute atomic E-state index is 0.271. The summed E-state index contributed by atoms with van der Waals surface area (Å²) in [6.07, 6.45) is -3.90. The van der Waals surface area contributed by atoms with Crippen LogP contribution in [-0.2, 0) is 4.74 Å². The van der Waals surface area contributed by atoms with Gasteiger partial charge in [0.1, 0.15) is 18.3 Å². The summed E-state index contributed by atoms with van der Waals surface area (Å²) in [6.45, 7) is 0.975. The van der Waals surface area contributed by atoms with E-state index in [1.165, 1.54) is 13.1 Å². The molecule has 100 valence electrons. The Balaban J connectivity index is 2.48. The van der Waals surface area contributed by atoms with E-state index in [9.17, 15) is 19.8 Å². The molecule has 0 radical (unpaired) electrons. The Morgan fingerprint density at radius 1 is 1.39 bits per heavy atom. The number of nitrogens with zero attached hydrogens (tertiary/aromatic N) is 1. The Morgan fingerprint density at radius 2 is 2.06 bits per heavy atom. The largest absolute Gasteiger partial charge is 0.394 e. The summed E-state index contributed by atoms with van der Waals surface area (Å²) >= 11 is 0. The van der Waals surface area contributed by atoms with Gasteiger partial charge in [0.15, 0.2) is 6.23 Å². The molecule has 0 spiro atoms. The van der Waals surface area contributed by atoms with E-state index in [1.54, 1.807) is 0 Å². The molecule has 8 heteroatoms. The van der Waals surface area contributed by atoms with Crippen LogP contribution in [0.4, 0.5) is 0 Å². The van der Waals surface area contributed by atoms with Gasteiger partial charge in [0.05, 0.1) is 6.61 Å². The van der Waals surface area contributed by atoms with Gasteiger partial charge in [0.25, 0.3) is 5.56 Å². The zero-order valence-electron chi connectivity index (χ0n) is 9.61. The van der Waals surface area contributed by atoms with Crippen molar-refractivity contribution >= 4 is 0 Å². The van der Waals surface area contributed by atoms with Gasteiger partial charge in [0, 0.05) is 11.8 Å². The van der Waals surface area contributed by atoms with Crippen molar-refractivity contribution in [1.29, 1.82) is 0 Å². The zero-order valence-corrected chi connectivity index (χ0v) is 9.61. The fraction of sp³-hybridized carbons (Fsp3) is 0.600. The maximum absolute atomic E-state index is 11.8. The van der Waals surface area contributed by atoms with Crippen molar-refractivity contribution in [1.82, 2.24) is 9.55 Å². The smallest absolute Gasteiger partial charge is 0.330 e. The Labute approximate surface area is 101 Å². The SMILES string of the molecule is Cc1c[nH]c(=O)n(C2O[C@H](CO)[C@H](O)[C@@H]2O)c1=O. The monoisotopic (exact) mass is 258 g/mol. The minimum atomic E-state index is -1.46. The van der Waals surface area contributed by atoms with Gasteiger partial charge in [-0.1, -0.05) is 0 Å². The molecule has 0 amide bonds. The molecular formula is C10H14N2O6. The molecule has 0 saturated carbocycles. The molecule has 8 nitrogen and oxygen atoms in total. The number of aromatic amines is 1. The normalized spacial score (nSPS) is 31.8. The molecule has 1 unspecified atom stereocenters. The molecule has 1 aliphatic rings. The topological polar surface area (TPSA) is 125 Å². The quantitative estimate of drug-likeness (QED) is 0.463. The highest BCUT2D eigenvalue weighted by Gasteiger charge is 2.44. The summed E-state index contributed by atoms with van der Waals surface area (Å²) in [6, 6.07) is 0. The van der Waals surface area contributed by atoms with Crippen molar-refractivity contribution < 1.29 is 20.1 Å². The first-order chi connectivity index (χ1) is 8.47. The first-order valence-electron chi connectivity index (χ1n) is 5.40. The van der Waals surface area contributed by atoms with Gasteiger partial charge in [-0.3, -0.25) is 4.79 Å². The second-order valence-electron chi connectivity index (χ2n) is 4.18. The molecule has 1 saturated heterocycles. The van der Waals surface area contributed by atoms with Crippen LogP contribution in [0.5, 0.6) is 0 Å². The van der Waals surface area contributed by atoms with Crippen LogP contribution >= 0.6 is 0 Å². The van der Waals surface area contributed by atoms with E-state index in [1.807, 2.05) is 0 Å². The van der Waals surface area contributed by atoms with Crippen LogP contribution in [-0.4, -0.2) is 49.8 Å². The third-order valence-electron chi connectivity index (χ3n) is 2.96. The number of rotatable bonds is 2. The molecule has 4 atom stereocenters. The highest BCUT2D eigenvalue weighted by molar-refractivity contribution is 5.03. The van der Waals surface area contributed by atoms with Crippen molar-refractivity contribution in [2.45, 2.75) is 31.5 Å². The Bertz CT molecular complexity index is 550. The molecular weight excluding hydrogens is 244 g/mol. The highest BCUT2D eigenvalue weighted by Crippen LogP contribution is 2.27. The second-order valence-corrected chi connectivity index (χ2v) is 4.18. The van der Waals surface area contributed by atoms with Crippen molar-refractivity contribution in [3.8, 4) is 0 Å². The van der Waals surface area contributed by atoms with Crippen LogP contribution in [0.2, 0.25) is 0 Å². The van der Waals surface area contributed by atoms with Crippen molar-refractivity contribution in [2.24, 2.45) is 0 Å². The van der Waals surface area contributed by atoms with Gasteiger partial charge >= 0.3 is 5.69 Å². The minimum Gasteiger partial charge on any atom is -0.394 e. The molecule has 1 aromatic heterocycles. The number of H-pyrrole nitrogens is 1. The average Bonchev–Trinajstić information content (AvgIpc) is 2.62. The molecule has 0 bridgehead atoms. The lowest BCUT2D eigenvalue weighted by Gasteiger charge is -2.16. The number of aromatic nitrogens is 2. The summed E-state index contributed by atoms with van der Waals surface area (Å²) in [5.41, 5.74) is -1.10. The summed E-state index contributed by atoms with van der Waals surface area (Å²) in [5, 5.41) is 28.3. The number of aryl methyl sites for hydroxylation is 1. The number of hydrogen-bond donors (Lipinski definition) is 4. The van der Waals surface area contributed by atoms with E-state index < -0.39 is 42.4 Å². The molecule has 2 heterocycles. The van der Waals surface area contributed by atoms with Gasteiger partial charge in [-0.25, -0.2) is 9.36 Å². The van der Waals surface area contributed by atoms with E-state index in [0.29, 0.717) is 4.57 Å². The van der Waals surface area contributed by atoms with Gasteiger partial charge in [0.2, 0.25) is 0 Å². The number of nitrogens with one attached hydrogen (secondary N) is 1. The van der Waals surface area contributed by atoms with E-state index in [-0.39, 0.29) is 5.56 Å². The predicted molar refractivity (Wildman–Crippen MR) is 59.1 cm³/mol. The molecule has 18 heavy (non-hydrogen) atoms. The fourth-order valence-electron chi connectivity index (χ4n) is 1.91. The Kier molecular flexibility index (Phi) is 3.35. The zero-order chi connectivity index (χ0) is 13.4. The van der Waals surface area contributed by atoms with Crippen LogP contribution < -0.4 is 11.2 Å². The third kappa shape index (κ3) is 1.89. The van der Waals surface area contributed by atoms with Crippen LogP contribution in [0.25, 0.3) is 0 Å². The second kappa shape index (κ2) is 4.65. The van der Waals surface area contributed by atoms with Crippen molar-refractivity contribution in [2.75, 3.05) is 6.61 Å². The summed E-state index contributed by atoms with van der Waals surface area (Å²) in [5.74, 6) is 0. The predicted octanol–water partition coefficient (Wildman–Crippen LogP) is -2.54. The van der Waals surface area contributed by atoms with Crippen molar-refractivity contribution in [3.05, 3.63) is 32.6 Å². The van der Waals surface area contributed by atoms with E-state index in [4.69, 9.17) is 9.84 Å². The first kappa shape index (κ1) is 13.0. The number of aliphatic hydroxyl groups is 3. The van der Waals surface area contributed by atoms with E-state index >= 15 is 0 Å². The molecule has 1 fully saturated rings. The molecule has 1 aromatic rings. The highest BCUT2D eigenvalue weighted by atomic mass is 16.6. The Morgan fingerprint density at radius 3 is 2.61 bits per heavy atom. The number of ether oxygens (including phenoxy) is 1. The number of aliphatic hydroxyl groups excluding tert-OH is 3. The van der Waals surface area contributed by atoms with Gasteiger partial charge in [-0.2, -0.15) is 0 Å². The van der Waals surface area contributed by atoms with Crippen LogP contribution in [0.15, 0.2) is 15.8 Å². The van der Waals surface area contributed by atoms with E-state index in [2.05, 4.69) is 4.98 Å². The first-order valence-corrected chi connectivity index (χ1v) is 5.40. The van der Waals surface area contributed by atoms with Gasteiger partial charge < -0.3 is 25.0 Å². The van der Waals surface area contributed by atoms with Crippen LogP contribution in [0.3, 0.4) is 0 Å². The van der Waals surface area contributed by atoms with E-state index in [0.717, 1.165) is 0 Å². The van der Waals surface area contributed by atoms with Crippen LogP contribution in [0.1, 0.15) is 11.8 Å². The van der Waals surface area contributed by atoms with Crippen LogP contribution in [0, 0.1) is 6.92 Å². The molecule has 0 aliphatic carbocycles. The average molecular weight is 258 g/mol. The fourth-order valence-corrected chi connectivity index (χ4v) is 1.91. The molecule has 4 N–H and O–H groups in total. The third-order valence-corrected chi connectivity index (χ3v) is 2.96. The molecule has 2 rings (SSSR count). The lowest BCUT2D eigenvalue weighted by Crippen LogP contribution is -2.43. The lowest BCUT2D eigenvalue weighted by atomic mass is 10.1. The summed E-state index contributed by atoms with van der Waals surface area (Å²) < 4.78 is 5.82. The lowest BCUT2D eigenvalue weighted by molar-refractivity contribution is -0.0565. The van der Waals surface area contributed by atoms with Gasteiger partial charge in [-0.05, 0) is 6.92 Å². The summed E-state index contributed by atoms with van der Waals surface area (Å²) in [4.78, 5) is 25.8.